The van der Waals surface area contributed by atoms with E-state index in [-0.39, 0.29) is 0 Å². The topological polar surface area (TPSA) is 43.9 Å². The van der Waals surface area contributed by atoms with E-state index in [1.807, 2.05) is 40.9 Å². The number of hydrogen-bond donors (Lipinski definition) is 0. The van der Waals surface area contributed by atoms with Crippen molar-refractivity contribution in [1.82, 2.24) is 14.5 Å². The fraction of sp³-hybridized carbons (Fsp3) is 0. The normalized spacial score (nSPS) is 12.3. The van der Waals surface area contributed by atoms with Crippen LogP contribution in [-0.4, -0.2) is 14.5 Å². The van der Waals surface area contributed by atoms with Gasteiger partial charge < -0.3 is 4.42 Å². The molecule has 4 nitrogen and oxygen atoms in total. The fourth-order valence-corrected chi connectivity index (χ4v) is 9.41. The van der Waals surface area contributed by atoms with E-state index in [1.54, 1.807) is 0 Å². The number of benzene rings is 6. The highest BCUT2D eigenvalue weighted by atomic mass is 32.1. The zero-order chi connectivity index (χ0) is 29.9. The van der Waals surface area contributed by atoms with Gasteiger partial charge in [0.25, 0.3) is 0 Å². The Bertz CT molecular complexity index is 3050. The van der Waals surface area contributed by atoms with Crippen molar-refractivity contribution in [2.24, 2.45) is 0 Å². The molecule has 11 aromatic rings. The van der Waals surface area contributed by atoms with E-state index in [0.29, 0.717) is 11.7 Å². The summed E-state index contributed by atoms with van der Waals surface area (Å²) in [6, 6.07) is 45.4. The second-order valence-corrected chi connectivity index (χ2v) is 13.9. The Balaban J connectivity index is 1.27. The Morgan fingerprint density at radius 1 is 0.478 bits per heavy atom. The first-order valence-corrected chi connectivity index (χ1v) is 16.9. The average molecular weight is 624 g/mol. The molecule has 6 aromatic carbocycles. The van der Waals surface area contributed by atoms with Gasteiger partial charge in [0.15, 0.2) is 0 Å². The van der Waals surface area contributed by atoms with E-state index in [2.05, 4.69) is 114 Å². The molecule has 0 aliphatic heterocycles. The lowest BCUT2D eigenvalue weighted by molar-refractivity contribution is 0.651. The molecule has 0 spiro atoms. The maximum absolute atomic E-state index is 6.47. The lowest BCUT2D eigenvalue weighted by atomic mass is 10.0. The summed E-state index contributed by atoms with van der Waals surface area (Å²) in [6.07, 6.45) is 0. The van der Waals surface area contributed by atoms with Crippen LogP contribution in [0, 0.1) is 0 Å². The molecule has 0 atom stereocenters. The quantitative estimate of drug-likeness (QED) is 0.192. The number of hydrogen-bond acceptors (Lipinski definition) is 5. The molecule has 6 heteroatoms. The van der Waals surface area contributed by atoms with Gasteiger partial charge in [-0.2, -0.15) is 4.98 Å². The van der Waals surface area contributed by atoms with Gasteiger partial charge in [-0.15, -0.1) is 22.7 Å². The van der Waals surface area contributed by atoms with Crippen molar-refractivity contribution in [2.45, 2.75) is 0 Å². The van der Waals surface area contributed by atoms with E-state index in [1.165, 1.54) is 51.1 Å². The van der Waals surface area contributed by atoms with Crippen LogP contribution < -0.4 is 0 Å². The van der Waals surface area contributed by atoms with Crippen molar-refractivity contribution in [3.8, 4) is 17.2 Å². The first-order chi connectivity index (χ1) is 22.8. The molecule has 0 aliphatic rings. The summed E-state index contributed by atoms with van der Waals surface area (Å²) in [5, 5.41) is 9.34. The monoisotopic (exact) mass is 623 g/mol. The third-order valence-corrected chi connectivity index (χ3v) is 11.5. The molecule has 0 fully saturated rings. The lowest BCUT2D eigenvalue weighted by Crippen LogP contribution is -2.02. The number of para-hydroxylation sites is 2. The van der Waals surface area contributed by atoms with Gasteiger partial charge >= 0.3 is 0 Å². The summed E-state index contributed by atoms with van der Waals surface area (Å²) in [6.45, 7) is 0. The van der Waals surface area contributed by atoms with E-state index in [9.17, 15) is 0 Å². The highest BCUT2D eigenvalue weighted by Crippen LogP contribution is 2.43. The largest absolute Gasteiger partial charge is 0.437 e. The maximum Gasteiger partial charge on any atom is 0.238 e. The van der Waals surface area contributed by atoms with Crippen LogP contribution in [-0.2, 0) is 0 Å². The minimum absolute atomic E-state index is 0.587. The van der Waals surface area contributed by atoms with Crippen molar-refractivity contribution >= 4 is 107 Å². The summed E-state index contributed by atoms with van der Waals surface area (Å²) in [5.74, 6) is 0.599. The smallest absolute Gasteiger partial charge is 0.238 e. The number of furan rings is 1. The molecule has 0 radical (unpaired) electrons. The van der Waals surface area contributed by atoms with Crippen molar-refractivity contribution in [1.29, 1.82) is 0 Å². The van der Waals surface area contributed by atoms with Crippen LogP contribution in [0.25, 0.3) is 101 Å². The van der Waals surface area contributed by atoms with E-state index >= 15 is 0 Å². The minimum Gasteiger partial charge on any atom is -0.437 e. The Morgan fingerprint density at radius 2 is 1.13 bits per heavy atom. The number of nitrogens with zero attached hydrogens (tertiary/aromatic N) is 3. The molecular formula is C40H21N3OS2. The highest BCUT2D eigenvalue weighted by molar-refractivity contribution is 7.26. The van der Waals surface area contributed by atoms with Crippen molar-refractivity contribution in [3.63, 3.8) is 0 Å². The SMILES string of the molecule is c1ccc2c(c1)oc1nc(-n3c4ccccc4c4cc5sc6ccccc6c5cc43)nc(-c3ccc4sc5ccccc5c4c3)c12. The van der Waals surface area contributed by atoms with Gasteiger partial charge in [-0.05, 0) is 48.5 Å². The number of fused-ring (bicyclic) bond motifs is 12. The molecular weight excluding hydrogens is 603 g/mol. The van der Waals surface area contributed by atoms with Crippen LogP contribution >= 0.6 is 22.7 Å². The van der Waals surface area contributed by atoms with Crippen molar-refractivity contribution < 1.29 is 4.42 Å². The molecule has 214 valence electrons. The first-order valence-electron chi connectivity index (χ1n) is 15.2. The Hall–Kier alpha value is -5.56. The molecule has 5 heterocycles. The van der Waals surface area contributed by atoms with Gasteiger partial charge in [0.05, 0.1) is 22.1 Å². The van der Waals surface area contributed by atoms with Crippen LogP contribution in [0.4, 0.5) is 0 Å². The highest BCUT2D eigenvalue weighted by Gasteiger charge is 2.22. The number of rotatable bonds is 2. The third-order valence-electron chi connectivity index (χ3n) is 9.25. The van der Waals surface area contributed by atoms with Gasteiger partial charge in [-0.3, -0.25) is 4.57 Å². The number of thiophene rings is 2. The van der Waals surface area contributed by atoms with E-state index in [0.717, 1.165) is 38.6 Å². The predicted octanol–water partition coefficient (Wildman–Crippen LogP) is 11.9. The Morgan fingerprint density at radius 3 is 1.96 bits per heavy atom. The predicted molar refractivity (Wildman–Crippen MR) is 195 cm³/mol. The van der Waals surface area contributed by atoms with Crippen LogP contribution in [0.3, 0.4) is 0 Å². The third kappa shape index (κ3) is 3.32. The summed E-state index contributed by atoms with van der Waals surface area (Å²) in [4.78, 5) is 10.6. The Labute approximate surface area is 269 Å². The summed E-state index contributed by atoms with van der Waals surface area (Å²) in [7, 11) is 0. The standard InChI is InChI=1S/C40H21N3OS2/c1-5-13-30-23(9-1)27-21-36-29(25-11-4-8-16-34(25)46-36)20-31(27)43(30)40-41-38(37-26-12-2-6-14-32(26)44-39(37)42-40)22-17-18-35-28(19-22)24-10-3-7-15-33(24)45-35/h1-21H. The van der Waals surface area contributed by atoms with Crippen LogP contribution in [0.1, 0.15) is 0 Å². The molecule has 0 bridgehead atoms. The molecule has 46 heavy (non-hydrogen) atoms. The molecule has 0 saturated heterocycles. The molecule has 0 unspecified atom stereocenters. The second-order valence-electron chi connectivity index (χ2n) is 11.8. The summed E-state index contributed by atoms with van der Waals surface area (Å²) < 4.78 is 13.8. The number of aromatic nitrogens is 3. The van der Waals surface area contributed by atoms with Gasteiger partial charge in [0.2, 0.25) is 11.7 Å². The zero-order valence-electron chi connectivity index (χ0n) is 24.2. The molecule has 5 aromatic heterocycles. The molecule has 0 saturated carbocycles. The molecule has 11 rings (SSSR count). The first kappa shape index (κ1) is 24.7. The van der Waals surface area contributed by atoms with Gasteiger partial charge in [-0.1, -0.05) is 78.9 Å². The van der Waals surface area contributed by atoms with E-state index in [4.69, 9.17) is 14.4 Å². The minimum atomic E-state index is 0.587. The van der Waals surface area contributed by atoms with Gasteiger partial charge in [0, 0.05) is 62.1 Å². The molecule has 0 aliphatic carbocycles. The lowest BCUT2D eigenvalue weighted by Gasteiger charge is -2.10. The van der Waals surface area contributed by atoms with Gasteiger partial charge in [0.1, 0.15) is 5.58 Å². The van der Waals surface area contributed by atoms with Crippen molar-refractivity contribution in [3.05, 3.63) is 127 Å². The van der Waals surface area contributed by atoms with Crippen LogP contribution in [0.5, 0.6) is 0 Å². The maximum atomic E-state index is 6.47. The Kier molecular flexibility index (Phi) is 4.84. The fourth-order valence-electron chi connectivity index (χ4n) is 7.20. The van der Waals surface area contributed by atoms with Crippen molar-refractivity contribution in [2.75, 3.05) is 0 Å². The van der Waals surface area contributed by atoms with Crippen LogP contribution in [0.2, 0.25) is 0 Å². The summed E-state index contributed by atoms with van der Waals surface area (Å²) >= 11 is 3.67. The summed E-state index contributed by atoms with van der Waals surface area (Å²) in [5.41, 5.74) is 5.46. The average Bonchev–Trinajstić information content (AvgIpc) is 3.85. The van der Waals surface area contributed by atoms with Crippen LogP contribution in [0.15, 0.2) is 132 Å². The zero-order valence-corrected chi connectivity index (χ0v) is 25.8. The van der Waals surface area contributed by atoms with Gasteiger partial charge in [-0.25, -0.2) is 4.98 Å². The molecule has 0 amide bonds. The second kappa shape index (κ2) is 9.01. The van der Waals surface area contributed by atoms with E-state index < -0.39 is 0 Å². The molecule has 0 N–H and O–H groups in total.